The summed E-state index contributed by atoms with van der Waals surface area (Å²) < 4.78 is 2.19. The van der Waals surface area contributed by atoms with Crippen molar-refractivity contribution in [2.45, 2.75) is 31.9 Å². The summed E-state index contributed by atoms with van der Waals surface area (Å²) in [4.78, 5) is 0. The van der Waals surface area contributed by atoms with Crippen LogP contribution in [0.4, 0.5) is 5.69 Å². The predicted molar refractivity (Wildman–Crippen MR) is 80.0 cm³/mol. The number of benzene rings is 1. The fourth-order valence-electron chi connectivity index (χ4n) is 2.59. The Hall–Kier alpha value is -1.92. The molecule has 0 saturated carbocycles. The summed E-state index contributed by atoms with van der Waals surface area (Å²) in [6.07, 6.45) is 2.58. The van der Waals surface area contributed by atoms with E-state index >= 15 is 0 Å². The van der Waals surface area contributed by atoms with Crippen LogP contribution in [-0.4, -0.2) is 44.2 Å². The molecule has 1 aromatic carbocycles. The van der Waals surface area contributed by atoms with E-state index in [1.165, 1.54) is 12.8 Å². The Labute approximate surface area is 123 Å². The number of rotatable bonds is 5. The smallest absolute Gasteiger partial charge is 0.164 e. The Morgan fingerprint density at radius 1 is 1.29 bits per heavy atom. The molecule has 3 N–H and O–H groups in total. The van der Waals surface area contributed by atoms with Crippen molar-refractivity contribution >= 4 is 5.69 Å². The topological polar surface area (TPSA) is 83.2 Å². The molecule has 112 valence electrons. The van der Waals surface area contributed by atoms with E-state index in [1.54, 1.807) is 0 Å². The Morgan fingerprint density at radius 3 is 3.05 bits per heavy atom. The Bertz CT molecular complexity index is 611. The SMILES string of the molecule is OCC(O)CNc1cccc(-c2nnc3n2CCCC3)c1. The van der Waals surface area contributed by atoms with E-state index in [2.05, 4.69) is 20.1 Å². The van der Waals surface area contributed by atoms with Crippen LogP contribution in [0, 0.1) is 0 Å². The average Bonchev–Trinajstić information content (AvgIpc) is 2.97. The molecule has 2 aromatic rings. The molecule has 0 spiro atoms. The van der Waals surface area contributed by atoms with Crippen molar-refractivity contribution in [1.29, 1.82) is 0 Å². The highest BCUT2D eigenvalue weighted by Crippen LogP contribution is 2.24. The van der Waals surface area contributed by atoms with Crippen LogP contribution < -0.4 is 5.32 Å². The number of hydrogen-bond donors (Lipinski definition) is 3. The van der Waals surface area contributed by atoms with Crippen molar-refractivity contribution in [3.8, 4) is 11.4 Å². The third-order valence-electron chi connectivity index (χ3n) is 3.73. The summed E-state index contributed by atoms with van der Waals surface area (Å²) in [5.41, 5.74) is 1.91. The number of anilines is 1. The summed E-state index contributed by atoms with van der Waals surface area (Å²) in [6, 6.07) is 7.89. The fourth-order valence-corrected chi connectivity index (χ4v) is 2.59. The fraction of sp³-hybridized carbons (Fsp3) is 0.467. The maximum Gasteiger partial charge on any atom is 0.164 e. The zero-order valence-electron chi connectivity index (χ0n) is 11.9. The van der Waals surface area contributed by atoms with Gasteiger partial charge in [0, 0.05) is 30.8 Å². The van der Waals surface area contributed by atoms with Crippen LogP contribution in [0.1, 0.15) is 18.7 Å². The van der Waals surface area contributed by atoms with Crippen molar-refractivity contribution in [1.82, 2.24) is 14.8 Å². The van der Waals surface area contributed by atoms with Gasteiger partial charge in [0.15, 0.2) is 5.82 Å². The predicted octanol–water partition coefficient (Wildman–Crippen LogP) is 1.05. The highest BCUT2D eigenvalue weighted by molar-refractivity contribution is 5.62. The molecule has 0 saturated heterocycles. The van der Waals surface area contributed by atoms with Crippen molar-refractivity contribution in [3.63, 3.8) is 0 Å². The minimum absolute atomic E-state index is 0.246. The van der Waals surface area contributed by atoms with E-state index < -0.39 is 6.10 Å². The molecule has 6 heteroatoms. The van der Waals surface area contributed by atoms with Gasteiger partial charge in [-0.2, -0.15) is 0 Å². The second-order valence-corrected chi connectivity index (χ2v) is 5.35. The monoisotopic (exact) mass is 288 g/mol. The van der Waals surface area contributed by atoms with Gasteiger partial charge >= 0.3 is 0 Å². The quantitative estimate of drug-likeness (QED) is 0.766. The van der Waals surface area contributed by atoms with Gasteiger partial charge in [-0.25, -0.2) is 0 Å². The van der Waals surface area contributed by atoms with Gasteiger partial charge in [-0.3, -0.25) is 0 Å². The third-order valence-corrected chi connectivity index (χ3v) is 3.73. The lowest BCUT2D eigenvalue weighted by molar-refractivity contribution is 0.105. The number of aliphatic hydroxyl groups excluding tert-OH is 2. The van der Waals surface area contributed by atoms with Crippen molar-refractivity contribution in [2.75, 3.05) is 18.5 Å². The highest BCUT2D eigenvalue weighted by Gasteiger charge is 2.17. The van der Waals surface area contributed by atoms with Crippen LogP contribution in [-0.2, 0) is 13.0 Å². The molecule has 1 atom stereocenters. The molecular formula is C15H20N4O2. The molecule has 1 aromatic heterocycles. The number of nitrogens with one attached hydrogen (secondary N) is 1. The van der Waals surface area contributed by atoms with E-state index in [4.69, 9.17) is 5.11 Å². The first-order chi connectivity index (χ1) is 10.3. The van der Waals surface area contributed by atoms with Gasteiger partial charge in [0.1, 0.15) is 5.82 Å². The maximum absolute atomic E-state index is 9.39. The normalized spacial score (nSPS) is 15.5. The standard InChI is InChI=1S/C15H20N4O2/c20-10-13(21)9-16-12-5-3-4-11(8-12)15-18-17-14-6-1-2-7-19(14)15/h3-5,8,13,16,20-21H,1-2,6-7,9-10H2. The van der Waals surface area contributed by atoms with Gasteiger partial charge in [0.25, 0.3) is 0 Å². The Morgan fingerprint density at radius 2 is 2.19 bits per heavy atom. The summed E-state index contributed by atoms with van der Waals surface area (Å²) >= 11 is 0. The molecule has 0 radical (unpaired) electrons. The number of fused-ring (bicyclic) bond motifs is 1. The summed E-state index contributed by atoms with van der Waals surface area (Å²) in [6.45, 7) is 1.04. The molecule has 0 bridgehead atoms. The van der Waals surface area contributed by atoms with Gasteiger partial charge < -0.3 is 20.1 Å². The summed E-state index contributed by atoms with van der Waals surface area (Å²) in [5, 5.41) is 29.9. The molecule has 1 aliphatic rings. The molecule has 6 nitrogen and oxygen atoms in total. The van der Waals surface area contributed by atoms with Gasteiger partial charge in [0.05, 0.1) is 12.7 Å². The molecule has 21 heavy (non-hydrogen) atoms. The van der Waals surface area contributed by atoms with Crippen LogP contribution in [0.3, 0.4) is 0 Å². The lowest BCUT2D eigenvalue weighted by atomic mass is 10.1. The van der Waals surface area contributed by atoms with Crippen LogP contribution in [0.2, 0.25) is 0 Å². The van der Waals surface area contributed by atoms with Crippen molar-refractivity contribution in [3.05, 3.63) is 30.1 Å². The highest BCUT2D eigenvalue weighted by atomic mass is 16.3. The first-order valence-electron chi connectivity index (χ1n) is 7.33. The van der Waals surface area contributed by atoms with Gasteiger partial charge in [-0.05, 0) is 25.0 Å². The molecule has 2 heterocycles. The van der Waals surface area contributed by atoms with Gasteiger partial charge in [-0.1, -0.05) is 12.1 Å². The molecule has 1 unspecified atom stereocenters. The average molecular weight is 288 g/mol. The summed E-state index contributed by atoms with van der Waals surface area (Å²) in [5.74, 6) is 1.96. The largest absolute Gasteiger partial charge is 0.394 e. The van der Waals surface area contributed by atoms with Gasteiger partial charge in [-0.15, -0.1) is 10.2 Å². The van der Waals surface area contributed by atoms with E-state index in [0.717, 1.165) is 35.9 Å². The minimum atomic E-state index is -0.755. The third kappa shape index (κ3) is 3.06. The number of aliphatic hydroxyl groups is 2. The number of hydrogen-bond acceptors (Lipinski definition) is 5. The number of nitrogens with zero attached hydrogens (tertiary/aromatic N) is 3. The van der Waals surface area contributed by atoms with Crippen LogP contribution >= 0.6 is 0 Å². The van der Waals surface area contributed by atoms with Crippen LogP contribution in [0.5, 0.6) is 0 Å². The lowest BCUT2D eigenvalue weighted by Gasteiger charge is -2.15. The van der Waals surface area contributed by atoms with E-state index in [0.29, 0.717) is 6.54 Å². The van der Waals surface area contributed by atoms with Gasteiger partial charge in [0.2, 0.25) is 0 Å². The Kier molecular flexibility index (Phi) is 4.17. The molecule has 0 fully saturated rings. The lowest BCUT2D eigenvalue weighted by Crippen LogP contribution is -2.22. The molecule has 0 aliphatic carbocycles. The first-order valence-corrected chi connectivity index (χ1v) is 7.33. The summed E-state index contributed by atoms with van der Waals surface area (Å²) in [7, 11) is 0. The van der Waals surface area contributed by atoms with Crippen molar-refractivity contribution in [2.24, 2.45) is 0 Å². The zero-order chi connectivity index (χ0) is 14.7. The maximum atomic E-state index is 9.39. The number of aryl methyl sites for hydroxylation is 1. The van der Waals surface area contributed by atoms with Crippen LogP contribution in [0.15, 0.2) is 24.3 Å². The minimum Gasteiger partial charge on any atom is -0.394 e. The van der Waals surface area contributed by atoms with Crippen molar-refractivity contribution < 1.29 is 10.2 Å². The molecule has 3 rings (SSSR count). The molecule has 0 amide bonds. The van der Waals surface area contributed by atoms with Crippen LogP contribution in [0.25, 0.3) is 11.4 Å². The number of aromatic nitrogens is 3. The molecular weight excluding hydrogens is 268 g/mol. The molecule has 1 aliphatic heterocycles. The second kappa shape index (κ2) is 6.24. The van der Waals surface area contributed by atoms with E-state index in [-0.39, 0.29) is 6.61 Å². The van der Waals surface area contributed by atoms with E-state index in [9.17, 15) is 5.11 Å². The second-order valence-electron chi connectivity index (χ2n) is 5.35. The zero-order valence-corrected chi connectivity index (χ0v) is 11.9. The Balaban J connectivity index is 1.81. The first kappa shape index (κ1) is 14.0. The van der Waals surface area contributed by atoms with E-state index in [1.807, 2.05) is 24.3 Å².